The van der Waals surface area contributed by atoms with Gasteiger partial charge < -0.3 is 19.5 Å². The van der Waals surface area contributed by atoms with Crippen molar-refractivity contribution in [3.8, 4) is 22.1 Å². The van der Waals surface area contributed by atoms with Gasteiger partial charge in [-0.25, -0.2) is 14.6 Å². The van der Waals surface area contributed by atoms with Crippen LogP contribution < -0.4 is 9.47 Å². The van der Waals surface area contributed by atoms with E-state index >= 15 is 0 Å². The molecular formula is C33H32F3N3O5S2. The highest BCUT2D eigenvalue weighted by atomic mass is 32.2. The molecular weight excluding hydrogens is 640 g/mol. The van der Waals surface area contributed by atoms with Gasteiger partial charge in [-0.3, -0.25) is 4.90 Å². The number of alkyl halides is 3. The predicted octanol–water partition coefficient (Wildman–Crippen LogP) is 7.68. The number of piperazine rings is 1. The average molecular weight is 672 g/mol. The number of benzene rings is 3. The molecule has 0 radical (unpaired) electrons. The molecule has 0 aliphatic carbocycles. The van der Waals surface area contributed by atoms with Crippen LogP contribution in [0.5, 0.6) is 11.5 Å². The fourth-order valence-electron chi connectivity index (χ4n) is 4.59. The summed E-state index contributed by atoms with van der Waals surface area (Å²) in [6, 6.07) is 21.1. The van der Waals surface area contributed by atoms with Crippen molar-refractivity contribution in [1.82, 2.24) is 14.8 Å². The Morgan fingerprint density at radius 1 is 0.913 bits per heavy atom. The van der Waals surface area contributed by atoms with Crippen molar-refractivity contribution in [2.24, 2.45) is 0 Å². The molecule has 1 fully saturated rings. The number of carboxylic acids is 1. The molecule has 1 aliphatic rings. The van der Waals surface area contributed by atoms with Gasteiger partial charge in [-0.05, 0) is 62.4 Å². The van der Waals surface area contributed by atoms with E-state index in [-0.39, 0.29) is 0 Å². The zero-order valence-electron chi connectivity index (χ0n) is 25.1. The second-order valence-corrected chi connectivity index (χ2v) is 13.2. The maximum Gasteiger partial charge on any atom is 0.416 e. The van der Waals surface area contributed by atoms with Crippen LogP contribution in [0.3, 0.4) is 0 Å². The lowest BCUT2D eigenvalue weighted by molar-refractivity contribution is -0.152. The molecule has 8 nitrogen and oxygen atoms in total. The molecule has 1 amide bonds. The first-order valence-corrected chi connectivity index (χ1v) is 16.2. The molecule has 2 heterocycles. The number of carboxylic acid groups (broad SMARTS) is 1. The van der Waals surface area contributed by atoms with Gasteiger partial charge >= 0.3 is 18.2 Å². The minimum Gasteiger partial charge on any atom is -0.478 e. The highest BCUT2D eigenvalue weighted by Gasteiger charge is 2.31. The number of halogens is 3. The number of amides is 1. The van der Waals surface area contributed by atoms with Crippen LogP contribution in [0.1, 0.15) is 30.0 Å². The molecule has 1 aliphatic heterocycles. The Kier molecular flexibility index (Phi) is 10.2. The van der Waals surface area contributed by atoms with Gasteiger partial charge in [0.15, 0.2) is 5.60 Å². The van der Waals surface area contributed by atoms with Crippen molar-refractivity contribution in [2.45, 2.75) is 42.8 Å². The molecule has 46 heavy (non-hydrogen) atoms. The Morgan fingerprint density at radius 3 is 2.17 bits per heavy atom. The minimum atomic E-state index is -4.42. The molecule has 5 rings (SSSR count). The van der Waals surface area contributed by atoms with Crippen molar-refractivity contribution < 1.29 is 37.3 Å². The van der Waals surface area contributed by atoms with E-state index < -0.39 is 29.4 Å². The summed E-state index contributed by atoms with van der Waals surface area (Å²) in [7, 11) is 0. The van der Waals surface area contributed by atoms with Crippen LogP contribution in [0.15, 0.2) is 83.8 Å². The number of nitrogens with zero attached hydrogens (tertiary/aromatic N) is 3. The summed E-state index contributed by atoms with van der Waals surface area (Å²) in [6.07, 6.45) is -4.82. The number of para-hydroxylation sites is 1. The summed E-state index contributed by atoms with van der Waals surface area (Å²) in [6.45, 7) is 5.67. The van der Waals surface area contributed by atoms with Crippen LogP contribution in [0.2, 0.25) is 0 Å². The molecule has 13 heteroatoms. The number of carbonyl (C=O) groups is 2. The van der Waals surface area contributed by atoms with E-state index in [1.165, 1.54) is 37.3 Å². The van der Waals surface area contributed by atoms with Gasteiger partial charge in [0.05, 0.1) is 11.3 Å². The minimum absolute atomic E-state index is 0.399. The summed E-state index contributed by atoms with van der Waals surface area (Å²) in [5, 5.41) is 9.95. The smallest absolute Gasteiger partial charge is 0.416 e. The Labute approximate surface area is 272 Å². The van der Waals surface area contributed by atoms with E-state index in [0.717, 1.165) is 27.6 Å². The summed E-state index contributed by atoms with van der Waals surface area (Å²) in [4.78, 5) is 34.7. The summed E-state index contributed by atoms with van der Waals surface area (Å²) in [5.74, 6) is 0.423. The van der Waals surface area contributed by atoms with Gasteiger partial charge in [0.2, 0.25) is 0 Å². The molecule has 3 aromatic carbocycles. The highest BCUT2D eigenvalue weighted by molar-refractivity contribution is 7.98. The molecule has 1 N–H and O–H groups in total. The lowest BCUT2D eigenvalue weighted by atomic mass is 10.1. The van der Waals surface area contributed by atoms with Crippen molar-refractivity contribution in [3.05, 3.63) is 95.0 Å². The number of aromatic nitrogens is 1. The topological polar surface area (TPSA) is 92.2 Å². The second-order valence-electron chi connectivity index (χ2n) is 11.1. The number of aliphatic carboxylic acids is 1. The fourth-order valence-corrected chi connectivity index (χ4v) is 6.67. The molecule has 0 saturated carbocycles. The first kappa shape index (κ1) is 33.3. The fraction of sp³-hybridized carbons (Fsp3) is 0.303. The van der Waals surface area contributed by atoms with Gasteiger partial charge in [-0.15, -0.1) is 23.1 Å². The van der Waals surface area contributed by atoms with Gasteiger partial charge in [0, 0.05) is 53.8 Å². The van der Waals surface area contributed by atoms with Crippen LogP contribution in [0.4, 0.5) is 18.0 Å². The van der Waals surface area contributed by atoms with Gasteiger partial charge in [0.25, 0.3) is 0 Å². The van der Waals surface area contributed by atoms with E-state index in [4.69, 9.17) is 14.5 Å². The van der Waals surface area contributed by atoms with Crippen LogP contribution >= 0.6 is 23.1 Å². The van der Waals surface area contributed by atoms with E-state index in [1.54, 1.807) is 53.1 Å². The van der Waals surface area contributed by atoms with Crippen molar-refractivity contribution in [1.29, 1.82) is 0 Å². The third-order valence-corrected chi connectivity index (χ3v) is 9.64. The molecule has 242 valence electrons. The standard InChI is InChI=1S/C33H32F3N3O5S2/c1-32(2,30(40)41)44-25-12-14-26(15-13-25)45-21-28-27(37-29(46-28)22-8-10-23(11-9-22)33(34,35)36)20-38-16-18-39(19-17-38)31(42)43-24-6-4-3-5-7-24/h3-15H,16-21H2,1-2H3,(H,40,41). The second kappa shape index (κ2) is 14.1. The molecule has 4 aromatic rings. The predicted molar refractivity (Wildman–Crippen MR) is 170 cm³/mol. The van der Waals surface area contributed by atoms with Crippen LogP contribution in [0, 0.1) is 0 Å². The monoisotopic (exact) mass is 671 g/mol. The quantitative estimate of drug-likeness (QED) is 0.172. The summed E-state index contributed by atoms with van der Waals surface area (Å²) >= 11 is 3.00. The van der Waals surface area contributed by atoms with Crippen LogP contribution in [0.25, 0.3) is 10.6 Å². The number of carbonyl (C=O) groups excluding carboxylic acids is 1. The largest absolute Gasteiger partial charge is 0.478 e. The molecule has 0 spiro atoms. The zero-order valence-corrected chi connectivity index (χ0v) is 26.8. The van der Waals surface area contributed by atoms with Crippen LogP contribution in [-0.4, -0.2) is 63.7 Å². The molecule has 0 atom stereocenters. The number of hydrogen-bond acceptors (Lipinski definition) is 8. The van der Waals surface area contributed by atoms with E-state index in [0.29, 0.717) is 60.5 Å². The normalized spacial score (nSPS) is 14.2. The highest BCUT2D eigenvalue weighted by Crippen LogP contribution is 2.36. The summed E-state index contributed by atoms with van der Waals surface area (Å²) < 4.78 is 50.5. The van der Waals surface area contributed by atoms with Gasteiger partial charge in [-0.2, -0.15) is 13.2 Å². The van der Waals surface area contributed by atoms with Crippen molar-refractivity contribution in [3.63, 3.8) is 0 Å². The van der Waals surface area contributed by atoms with Crippen molar-refractivity contribution in [2.75, 3.05) is 26.2 Å². The lowest BCUT2D eigenvalue weighted by Crippen LogP contribution is -2.49. The third kappa shape index (κ3) is 8.59. The zero-order chi connectivity index (χ0) is 32.9. The molecule has 0 bridgehead atoms. The Hall–Kier alpha value is -4.07. The Bertz CT molecular complexity index is 1640. The average Bonchev–Trinajstić information content (AvgIpc) is 3.43. The first-order chi connectivity index (χ1) is 21.9. The maximum atomic E-state index is 13.2. The van der Waals surface area contributed by atoms with E-state index in [9.17, 15) is 27.9 Å². The Morgan fingerprint density at radius 2 is 1.57 bits per heavy atom. The number of rotatable bonds is 10. The SMILES string of the molecule is CC(C)(Oc1ccc(SCc2sc(-c3ccc(C(F)(F)F)cc3)nc2CN2CCN(C(=O)Oc3ccccc3)CC2)cc1)C(=O)O. The number of thiazole rings is 1. The van der Waals surface area contributed by atoms with Crippen LogP contribution in [-0.2, 0) is 23.3 Å². The maximum absolute atomic E-state index is 13.2. The molecule has 1 aromatic heterocycles. The molecule has 0 unspecified atom stereocenters. The van der Waals surface area contributed by atoms with Gasteiger partial charge in [-0.1, -0.05) is 30.3 Å². The number of thioether (sulfide) groups is 1. The Balaban J connectivity index is 1.27. The number of hydrogen-bond donors (Lipinski definition) is 1. The third-order valence-electron chi connectivity index (χ3n) is 7.27. The van der Waals surface area contributed by atoms with E-state index in [2.05, 4.69) is 4.90 Å². The molecule has 1 saturated heterocycles. The van der Waals surface area contributed by atoms with Gasteiger partial charge in [0.1, 0.15) is 16.5 Å². The number of ether oxygens (including phenoxy) is 2. The lowest BCUT2D eigenvalue weighted by Gasteiger charge is -2.33. The first-order valence-electron chi connectivity index (χ1n) is 14.4. The summed E-state index contributed by atoms with van der Waals surface area (Å²) in [5.41, 5.74) is -0.650. The van der Waals surface area contributed by atoms with Crippen molar-refractivity contribution >= 4 is 35.2 Å². The van der Waals surface area contributed by atoms with E-state index in [1.807, 2.05) is 18.2 Å².